The summed E-state index contributed by atoms with van der Waals surface area (Å²) in [6, 6.07) is 16.6. The number of amides is 2. The van der Waals surface area contributed by atoms with E-state index in [-0.39, 0.29) is 48.0 Å². The van der Waals surface area contributed by atoms with Crippen molar-refractivity contribution in [3.63, 3.8) is 0 Å². The molecule has 3 aliphatic rings. The summed E-state index contributed by atoms with van der Waals surface area (Å²) in [5.41, 5.74) is 11.3. The second-order valence-electron chi connectivity index (χ2n) is 14.2. The number of pyridine rings is 3. The average molecular weight is 694 g/mol. The van der Waals surface area contributed by atoms with Crippen LogP contribution in [0.15, 0.2) is 67.0 Å². The van der Waals surface area contributed by atoms with Crippen molar-refractivity contribution in [2.75, 3.05) is 36.9 Å². The molecule has 2 aliphatic heterocycles. The number of nitrogens with one attached hydrogen (secondary N) is 1. The minimum Gasteiger partial charge on any atom is -0.395 e. The Balaban J connectivity index is 0.981. The Hall–Kier alpha value is -4.78. The fraction of sp³-hybridized carbons (Fsp3) is 0.410. The largest absolute Gasteiger partial charge is 0.395 e. The molecule has 4 aromatic rings. The van der Waals surface area contributed by atoms with Crippen LogP contribution in [0.3, 0.4) is 0 Å². The number of carbonyl (C=O) groups is 2. The first-order valence-corrected chi connectivity index (χ1v) is 17.7. The number of ether oxygens (including phenoxy) is 1. The van der Waals surface area contributed by atoms with Crippen LogP contribution >= 0.6 is 0 Å². The zero-order valence-corrected chi connectivity index (χ0v) is 29.0. The summed E-state index contributed by atoms with van der Waals surface area (Å²) < 4.78 is 19.6. The molecular formula is C39H44FN7O4. The van der Waals surface area contributed by atoms with Gasteiger partial charge in [0.15, 0.2) is 0 Å². The topological polar surface area (TPSA) is 147 Å². The summed E-state index contributed by atoms with van der Waals surface area (Å²) in [7, 11) is 0. The Morgan fingerprint density at radius 2 is 1.75 bits per heavy atom. The molecule has 266 valence electrons. The second-order valence-corrected chi connectivity index (χ2v) is 14.2. The number of aliphatic hydroxyl groups excluding tert-OH is 1. The van der Waals surface area contributed by atoms with Gasteiger partial charge in [0.05, 0.1) is 53.4 Å². The third-order valence-electron chi connectivity index (χ3n) is 10.5. The molecule has 1 aliphatic carbocycles. The molecule has 0 bridgehead atoms. The predicted octanol–water partition coefficient (Wildman–Crippen LogP) is 4.88. The van der Waals surface area contributed by atoms with E-state index in [2.05, 4.69) is 20.2 Å². The minimum absolute atomic E-state index is 0.0906. The highest BCUT2D eigenvalue weighted by atomic mass is 19.1. The molecule has 1 saturated heterocycles. The lowest BCUT2D eigenvalue weighted by Gasteiger charge is -2.37. The number of nitrogen functional groups attached to an aromatic ring is 1. The van der Waals surface area contributed by atoms with E-state index in [1.807, 2.05) is 55.1 Å². The molecule has 0 radical (unpaired) electrons. The lowest BCUT2D eigenvalue weighted by Crippen LogP contribution is -2.49. The molecule has 11 nitrogen and oxygen atoms in total. The van der Waals surface area contributed by atoms with Crippen LogP contribution < -0.4 is 16.0 Å². The van der Waals surface area contributed by atoms with Crippen molar-refractivity contribution in [3.8, 4) is 22.4 Å². The van der Waals surface area contributed by atoms with Crippen LogP contribution in [0.1, 0.15) is 67.6 Å². The molecule has 2 amide bonds. The maximum Gasteiger partial charge on any atom is 0.255 e. The maximum atomic E-state index is 13.7. The molecule has 5 heterocycles. The number of aromatic nitrogens is 3. The highest BCUT2D eigenvalue weighted by molar-refractivity contribution is 6.07. The normalized spacial score (nSPS) is 20.5. The number of aliphatic hydroxyl groups is 1. The van der Waals surface area contributed by atoms with E-state index in [1.54, 1.807) is 12.1 Å². The third kappa shape index (κ3) is 7.08. The number of β-amino-alcohol motifs (C(OH)–C–C–N with tert-alkyl or cyclic N) is 1. The Bertz CT molecular complexity index is 1890. The number of nitrogens with two attached hydrogens (primary N) is 1. The van der Waals surface area contributed by atoms with Crippen LogP contribution in [-0.2, 0) is 21.6 Å². The predicted molar refractivity (Wildman–Crippen MR) is 192 cm³/mol. The van der Waals surface area contributed by atoms with Gasteiger partial charge in [0.2, 0.25) is 11.9 Å². The molecule has 4 N–H and O–H groups in total. The summed E-state index contributed by atoms with van der Waals surface area (Å²) in [6.07, 6.45) is 7.05. The van der Waals surface area contributed by atoms with Crippen molar-refractivity contribution in [3.05, 3.63) is 89.8 Å². The zero-order valence-electron chi connectivity index (χ0n) is 29.0. The second kappa shape index (κ2) is 14.5. The van der Waals surface area contributed by atoms with E-state index >= 15 is 0 Å². The lowest BCUT2D eigenvalue weighted by molar-refractivity contribution is -0.122. The van der Waals surface area contributed by atoms with Crippen molar-refractivity contribution < 1.29 is 23.8 Å². The molecule has 2 atom stereocenters. The standard InChI is InChI=1S/C39H44FN7O4/c1-39(2)35-32(47(38(39)50)28-14-16-46(17-15-28)18-19-48)12-11-30(44-35)25-8-6-24(7-9-25)23-51-33-5-3-4-31(33)45-37(49)29-20-27(22-43-36(29)41)26-10-13-34(40)42-21-26/h6-13,20-22,28,31,33,48H,3-5,14-19,23H2,1-2H3,(H2,41,43)(H,45,49)/t31-,33-/m0/s1. The van der Waals surface area contributed by atoms with Crippen LogP contribution in [0.4, 0.5) is 15.9 Å². The number of halogens is 1. The Kier molecular flexibility index (Phi) is 9.82. The van der Waals surface area contributed by atoms with Crippen LogP contribution in [0.2, 0.25) is 0 Å². The number of nitrogens with zero attached hydrogens (tertiary/aromatic N) is 5. The van der Waals surface area contributed by atoms with Gasteiger partial charge in [-0.3, -0.25) is 9.59 Å². The van der Waals surface area contributed by atoms with Crippen molar-refractivity contribution in [1.82, 2.24) is 25.2 Å². The van der Waals surface area contributed by atoms with E-state index in [4.69, 9.17) is 15.5 Å². The van der Waals surface area contributed by atoms with E-state index in [1.165, 1.54) is 18.5 Å². The van der Waals surface area contributed by atoms with E-state index in [0.717, 1.165) is 73.4 Å². The quantitative estimate of drug-likeness (QED) is 0.198. The lowest BCUT2D eigenvalue weighted by atomic mass is 9.90. The fourth-order valence-corrected chi connectivity index (χ4v) is 7.56. The smallest absolute Gasteiger partial charge is 0.255 e. The van der Waals surface area contributed by atoms with Gasteiger partial charge in [-0.1, -0.05) is 24.3 Å². The van der Waals surface area contributed by atoms with Gasteiger partial charge in [0.1, 0.15) is 5.82 Å². The van der Waals surface area contributed by atoms with Gasteiger partial charge in [0.25, 0.3) is 5.91 Å². The monoisotopic (exact) mass is 693 g/mol. The highest BCUT2D eigenvalue weighted by Gasteiger charge is 2.48. The summed E-state index contributed by atoms with van der Waals surface area (Å²) in [5.74, 6) is -0.715. The van der Waals surface area contributed by atoms with Gasteiger partial charge in [0, 0.05) is 54.8 Å². The van der Waals surface area contributed by atoms with E-state index in [0.29, 0.717) is 24.3 Å². The number of carbonyl (C=O) groups excluding carboxylic acids is 2. The van der Waals surface area contributed by atoms with Gasteiger partial charge in [-0.25, -0.2) is 15.0 Å². The number of hydrogen-bond donors (Lipinski definition) is 3. The summed E-state index contributed by atoms with van der Waals surface area (Å²) in [6.45, 7) is 6.85. The molecule has 7 rings (SSSR count). The average Bonchev–Trinajstić information content (AvgIpc) is 3.66. The van der Waals surface area contributed by atoms with Gasteiger partial charge < -0.3 is 30.7 Å². The first kappa shape index (κ1) is 34.7. The van der Waals surface area contributed by atoms with Crippen molar-refractivity contribution in [2.24, 2.45) is 0 Å². The highest BCUT2D eigenvalue weighted by Crippen LogP contribution is 2.44. The molecule has 1 saturated carbocycles. The summed E-state index contributed by atoms with van der Waals surface area (Å²) in [5, 5.41) is 12.4. The van der Waals surface area contributed by atoms with Gasteiger partial charge in [-0.05, 0) is 81.8 Å². The van der Waals surface area contributed by atoms with E-state index < -0.39 is 11.4 Å². The molecule has 51 heavy (non-hydrogen) atoms. The van der Waals surface area contributed by atoms with Gasteiger partial charge >= 0.3 is 0 Å². The van der Waals surface area contributed by atoms with Crippen LogP contribution in [-0.4, -0.2) is 81.2 Å². The molecule has 12 heteroatoms. The molecular weight excluding hydrogens is 649 g/mol. The molecule has 2 fully saturated rings. The van der Waals surface area contributed by atoms with E-state index in [9.17, 15) is 19.1 Å². The third-order valence-corrected chi connectivity index (χ3v) is 10.5. The fourth-order valence-electron chi connectivity index (χ4n) is 7.56. The van der Waals surface area contributed by atoms with Crippen LogP contribution in [0, 0.1) is 5.95 Å². The first-order chi connectivity index (χ1) is 24.6. The Morgan fingerprint density at radius 3 is 2.47 bits per heavy atom. The number of benzene rings is 1. The number of piperidine rings is 1. The number of likely N-dealkylation sites (tertiary alicyclic amines) is 1. The number of fused-ring (bicyclic) bond motifs is 1. The van der Waals surface area contributed by atoms with Crippen LogP contribution in [0.25, 0.3) is 22.4 Å². The molecule has 0 unspecified atom stereocenters. The van der Waals surface area contributed by atoms with Crippen molar-refractivity contribution >= 4 is 23.3 Å². The SMILES string of the molecule is CC1(C)C(=O)N(C2CCN(CCO)CC2)c2ccc(-c3ccc(CO[C@H]4CCC[C@@H]4NC(=O)c4cc(-c5ccc(F)nc5)cnc4N)cc3)nc21. The van der Waals surface area contributed by atoms with Gasteiger partial charge in [-0.2, -0.15) is 4.39 Å². The van der Waals surface area contributed by atoms with Crippen LogP contribution in [0.5, 0.6) is 0 Å². The summed E-state index contributed by atoms with van der Waals surface area (Å²) in [4.78, 5) is 44.1. The molecule has 1 aromatic carbocycles. The Labute approximate surface area is 297 Å². The zero-order chi connectivity index (χ0) is 35.7. The maximum absolute atomic E-state index is 13.7. The first-order valence-electron chi connectivity index (χ1n) is 17.7. The molecule has 3 aromatic heterocycles. The Morgan fingerprint density at radius 1 is 1.00 bits per heavy atom. The number of rotatable bonds is 10. The summed E-state index contributed by atoms with van der Waals surface area (Å²) >= 11 is 0. The molecule has 0 spiro atoms. The minimum atomic E-state index is -0.723. The number of anilines is 2. The van der Waals surface area contributed by atoms with Gasteiger partial charge in [-0.15, -0.1) is 0 Å². The van der Waals surface area contributed by atoms with Crippen molar-refractivity contribution in [1.29, 1.82) is 0 Å². The van der Waals surface area contributed by atoms with Crippen molar-refractivity contribution in [2.45, 2.75) is 76.2 Å². The number of hydrogen-bond acceptors (Lipinski definition) is 9.